The number of benzene rings is 2. The standard InChI is InChI=1S/C26H22N4/c1-15-3-9-21(25-23(15)27-13-29-25)19-7-5-17(11-19)18-6-8-20(12-18)22-10-4-16(2)24-26(22)30-14-28-24/h3-10H,11-14H2,1-2H3. The third-order valence-corrected chi connectivity index (χ3v) is 6.46. The summed E-state index contributed by atoms with van der Waals surface area (Å²) >= 11 is 0. The summed E-state index contributed by atoms with van der Waals surface area (Å²) in [5.41, 5.74) is 10.3. The SMILES string of the molecule is Cc1ccc(C2=CC=C(C3=CC=C(c4ccc(C)c5c4=NCN=5)C3)C2)c2c1=NCN=2. The Labute approximate surface area is 174 Å². The third-order valence-electron chi connectivity index (χ3n) is 6.46. The number of aryl methyl sites for hydroxylation is 2. The molecule has 4 heteroatoms. The van der Waals surface area contributed by atoms with Gasteiger partial charge < -0.3 is 0 Å². The largest absolute Gasteiger partial charge is 0.259 e. The molecule has 2 aliphatic heterocycles. The van der Waals surface area contributed by atoms with Crippen LogP contribution >= 0.6 is 0 Å². The lowest BCUT2D eigenvalue weighted by Crippen LogP contribution is -2.28. The highest BCUT2D eigenvalue weighted by atomic mass is 15.0. The Hall–Kier alpha value is -3.40. The summed E-state index contributed by atoms with van der Waals surface area (Å²) in [4.78, 5) is 18.4. The summed E-state index contributed by atoms with van der Waals surface area (Å²) in [6.45, 7) is 5.32. The molecule has 0 saturated carbocycles. The highest BCUT2D eigenvalue weighted by Crippen LogP contribution is 2.37. The normalized spacial score (nSPS) is 18.3. The van der Waals surface area contributed by atoms with Crippen LogP contribution in [0.5, 0.6) is 0 Å². The van der Waals surface area contributed by atoms with E-state index >= 15 is 0 Å². The molecule has 0 saturated heterocycles. The van der Waals surface area contributed by atoms with Gasteiger partial charge in [0.1, 0.15) is 13.3 Å². The van der Waals surface area contributed by atoms with Crippen LogP contribution in [0.2, 0.25) is 0 Å². The molecule has 2 aliphatic carbocycles. The Morgan fingerprint density at radius 2 is 0.900 bits per heavy atom. The van der Waals surface area contributed by atoms with Gasteiger partial charge in [0.2, 0.25) is 0 Å². The molecule has 0 fully saturated rings. The Morgan fingerprint density at radius 3 is 1.37 bits per heavy atom. The number of hydrogen-bond acceptors (Lipinski definition) is 4. The molecule has 2 aromatic rings. The Morgan fingerprint density at radius 1 is 0.500 bits per heavy atom. The first-order valence-electron chi connectivity index (χ1n) is 10.5. The second kappa shape index (κ2) is 6.56. The predicted octanol–water partition coefficient (Wildman–Crippen LogP) is 2.85. The lowest BCUT2D eigenvalue weighted by atomic mass is 9.94. The van der Waals surface area contributed by atoms with Crippen molar-refractivity contribution in [3.63, 3.8) is 0 Å². The maximum atomic E-state index is 4.64. The average molecular weight is 390 g/mol. The summed E-state index contributed by atoms with van der Waals surface area (Å²) in [6, 6.07) is 8.74. The zero-order valence-corrected chi connectivity index (χ0v) is 17.2. The van der Waals surface area contributed by atoms with Crippen LogP contribution in [0.15, 0.2) is 79.7 Å². The van der Waals surface area contributed by atoms with Crippen molar-refractivity contribution in [2.45, 2.75) is 26.7 Å². The number of nitrogens with zero attached hydrogens (tertiary/aromatic N) is 4. The maximum absolute atomic E-state index is 4.64. The Bertz CT molecular complexity index is 1380. The minimum Gasteiger partial charge on any atom is -0.259 e. The second-order valence-corrected chi connectivity index (χ2v) is 8.29. The summed E-state index contributed by atoms with van der Waals surface area (Å²) in [5, 5.41) is 4.26. The number of fused-ring (bicyclic) bond motifs is 2. The molecule has 0 unspecified atom stereocenters. The van der Waals surface area contributed by atoms with E-state index in [0.717, 1.165) is 34.3 Å². The summed E-state index contributed by atoms with van der Waals surface area (Å²) < 4.78 is 0. The molecule has 0 bridgehead atoms. The molecule has 4 nitrogen and oxygen atoms in total. The van der Waals surface area contributed by atoms with Crippen molar-refractivity contribution < 1.29 is 0 Å². The Kier molecular flexibility index (Phi) is 3.82. The quantitative estimate of drug-likeness (QED) is 0.774. The highest BCUT2D eigenvalue weighted by molar-refractivity contribution is 5.79. The third kappa shape index (κ3) is 2.60. The monoisotopic (exact) mass is 390 g/mol. The molecule has 4 aliphatic rings. The fourth-order valence-corrected chi connectivity index (χ4v) is 4.81. The van der Waals surface area contributed by atoms with Crippen LogP contribution in [0.3, 0.4) is 0 Å². The number of allylic oxidation sites excluding steroid dienone is 8. The number of rotatable bonds is 3. The van der Waals surface area contributed by atoms with Gasteiger partial charge in [-0.05, 0) is 60.1 Å². The lowest BCUT2D eigenvalue weighted by Gasteiger charge is -2.10. The zero-order valence-electron chi connectivity index (χ0n) is 17.2. The molecule has 146 valence electrons. The van der Waals surface area contributed by atoms with Gasteiger partial charge in [-0.1, -0.05) is 48.6 Å². The van der Waals surface area contributed by atoms with E-state index in [4.69, 9.17) is 0 Å². The molecular formula is C26H22N4. The topological polar surface area (TPSA) is 49.4 Å². The van der Waals surface area contributed by atoms with Crippen LogP contribution in [0.1, 0.15) is 35.1 Å². The fraction of sp³-hybridized carbons (Fsp3) is 0.231. The fourth-order valence-electron chi connectivity index (χ4n) is 4.81. The van der Waals surface area contributed by atoms with Gasteiger partial charge in [-0.3, -0.25) is 20.0 Å². The molecule has 0 radical (unpaired) electrons. The van der Waals surface area contributed by atoms with Crippen molar-refractivity contribution in [1.82, 2.24) is 0 Å². The summed E-state index contributed by atoms with van der Waals surface area (Å²) in [5.74, 6) is 0. The van der Waals surface area contributed by atoms with Crippen molar-refractivity contribution in [3.05, 3.63) is 103 Å². The first-order valence-corrected chi connectivity index (χ1v) is 10.5. The van der Waals surface area contributed by atoms with Gasteiger partial charge in [-0.25, -0.2) is 0 Å². The molecule has 0 N–H and O–H groups in total. The van der Waals surface area contributed by atoms with Crippen LogP contribution in [0.25, 0.3) is 11.1 Å². The number of hydrogen-bond donors (Lipinski definition) is 0. The van der Waals surface area contributed by atoms with Crippen LogP contribution in [-0.2, 0) is 0 Å². The second-order valence-electron chi connectivity index (χ2n) is 8.29. The van der Waals surface area contributed by atoms with E-state index in [9.17, 15) is 0 Å². The Balaban J connectivity index is 1.24. The van der Waals surface area contributed by atoms with Crippen LogP contribution in [-0.4, -0.2) is 13.3 Å². The van der Waals surface area contributed by atoms with E-state index in [-0.39, 0.29) is 0 Å². The van der Waals surface area contributed by atoms with Crippen LogP contribution < -0.4 is 21.4 Å². The zero-order chi connectivity index (χ0) is 20.2. The molecular weight excluding hydrogens is 368 g/mol. The molecule has 30 heavy (non-hydrogen) atoms. The molecule has 0 amide bonds. The van der Waals surface area contributed by atoms with Crippen molar-refractivity contribution in [3.8, 4) is 0 Å². The first kappa shape index (κ1) is 17.5. The van der Waals surface area contributed by atoms with Crippen molar-refractivity contribution in [2.24, 2.45) is 20.0 Å². The molecule has 0 spiro atoms. The molecule has 6 rings (SSSR count). The van der Waals surface area contributed by atoms with E-state index in [1.807, 2.05) is 0 Å². The van der Waals surface area contributed by atoms with Crippen LogP contribution in [0, 0.1) is 13.8 Å². The minimum atomic E-state index is 0.553. The van der Waals surface area contributed by atoms with Crippen molar-refractivity contribution in [2.75, 3.05) is 13.3 Å². The van der Waals surface area contributed by atoms with E-state index in [0.29, 0.717) is 13.3 Å². The molecule has 2 aromatic carbocycles. The summed E-state index contributed by atoms with van der Waals surface area (Å²) in [7, 11) is 0. The van der Waals surface area contributed by atoms with E-state index in [1.54, 1.807) is 0 Å². The van der Waals surface area contributed by atoms with Crippen molar-refractivity contribution in [1.29, 1.82) is 0 Å². The van der Waals surface area contributed by atoms with Gasteiger partial charge in [0, 0.05) is 11.1 Å². The van der Waals surface area contributed by atoms with E-state index in [1.165, 1.54) is 44.5 Å². The molecule has 0 atom stereocenters. The van der Waals surface area contributed by atoms with Gasteiger partial charge in [-0.2, -0.15) is 0 Å². The highest BCUT2D eigenvalue weighted by Gasteiger charge is 2.21. The van der Waals surface area contributed by atoms with Gasteiger partial charge >= 0.3 is 0 Å². The van der Waals surface area contributed by atoms with Gasteiger partial charge in [0.15, 0.2) is 0 Å². The average Bonchev–Trinajstić information content (AvgIpc) is 3.54. The predicted molar refractivity (Wildman–Crippen MR) is 118 cm³/mol. The minimum absolute atomic E-state index is 0.553. The van der Waals surface area contributed by atoms with E-state index in [2.05, 4.69) is 82.4 Å². The molecule has 0 aromatic heterocycles. The van der Waals surface area contributed by atoms with E-state index < -0.39 is 0 Å². The van der Waals surface area contributed by atoms with Gasteiger partial charge in [-0.15, -0.1) is 0 Å². The summed E-state index contributed by atoms with van der Waals surface area (Å²) in [6.07, 6.45) is 11.0. The maximum Gasteiger partial charge on any atom is 0.130 e. The first-order chi connectivity index (χ1) is 14.7. The van der Waals surface area contributed by atoms with Gasteiger partial charge in [0.05, 0.1) is 21.4 Å². The lowest BCUT2D eigenvalue weighted by molar-refractivity contribution is 1.05. The van der Waals surface area contributed by atoms with Crippen molar-refractivity contribution >= 4 is 11.1 Å². The van der Waals surface area contributed by atoms with Crippen LogP contribution in [0.4, 0.5) is 0 Å². The smallest absolute Gasteiger partial charge is 0.130 e. The molecule has 2 heterocycles. The van der Waals surface area contributed by atoms with Gasteiger partial charge in [0.25, 0.3) is 0 Å².